The highest BCUT2D eigenvalue weighted by atomic mass is 35.5. The number of ether oxygens (including phenoxy) is 4. The van der Waals surface area contributed by atoms with Gasteiger partial charge in [-0.3, -0.25) is 4.79 Å². The molecule has 1 aliphatic heterocycles. The van der Waals surface area contributed by atoms with Crippen molar-refractivity contribution >= 4 is 46.9 Å². The van der Waals surface area contributed by atoms with Gasteiger partial charge in [-0.1, -0.05) is 68.6 Å². The lowest BCUT2D eigenvalue weighted by atomic mass is 9.62. The summed E-state index contributed by atoms with van der Waals surface area (Å²) in [6.45, 7) is 7.18. The summed E-state index contributed by atoms with van der Waals surface area (Å²) in [5, 5.41) is 17.0. The second-order valence-corrected chi connectivity index (χ2v) is 15.7. The molecular formula is C40H43Cl2F2N3O7. The molecule has 5 atom stereocenters. The van der Waals surface area contributed by atoms with Crippen LogP contribution in [0.1, 0.15) is 93.6 Å². The highest BCUT2D eigenvalue weighted by Gasteiger charge is 2.61. The van der Waals surface area contributed by atoms with Crippen LogP contribution in [-0.2, 0) is 24.4 Å². The summed E-state index contributed by atoms with van der Waals surface area (Å²) in [5.74, 6) is -4.41. The van der Waals surface area contributed by atoms with E-state index < -0.39 is 64.8 Å². The van der Waals surface area contributed by atoms with Gasteiger partial charge in [-0.15, -0.1) is 0 Å². The average Bonchev–Trinajstić information content (AvgIpc) is 3.42. The normalized spacial score (nSPS) is 22.1. The fourth-order valence-electron chi connectivity index (χ4n) is 7.41. The van der Waals surface area contributed by atoms with Crippen molar-refractivity contribution in [1.82, 2.24) is 5.32 Å². The van der Waals surface area contributed by atoms with Crippen molar-refractivity contribution in [3.63, 3.8) is 0 Å². The van der Waals surface area contributed by atoms with E-state index in [1.165, 1.54) is 62.6 Å². The summed E-state index contributed by atoms with van der Waals surface area (Å²) in [5.41, 5.74) is -2.23. The van der Waals surface area contributed by atoms with Crippen LogP contribution < -0.4 is 15.4 Å². The van der Waals surface area contributed by atoms with Crippen molar-refractivity contribution in [3.8, 4) is 11.8 Å². The molecule has 1 aliphatic carbocycles. The molecule has 0 radical (unpaired) electrons. The van der Waals surface area contributed by atoms with Gasteiger partial charge in [-0.25, -0.2) is 18.4 Å². The number of nitriles is 1. The molecule has 1 saturated heterocycles. The Morgan fingerprint density at radius 3 is 2.41 bits per heavy atom. The fraction of sp³-hybridized carbons (Fsp3) is 0.450. The van der Waals surface area contributed by atoms with Crippen LogP contribution in [0.15, 0.2) is 54.6 Å². The first-order valence-corrected chi connectivity index (χ1v) is 18.5. The minimum Gasteiger partial charge on any atom is -0.495 e. The van der Waals surface area contributed by atoms with E-state index in [1.54, 1.807) is 0 Å². The van der Waals surface area contributed by atoms with Crippen molar-refractivity contribution in [3.05, 3.63) is 93.0 Å². The summed E-state index contributed by atoms with van der Waals surface area (Å²) in [6, 6.07) is 12.4. The van der Waals surface area contributed by atoms with Crippen molar-refractivity contribution in [2.45, 2.75) is 102 Å². The van der Waals surface area contributed by atoms with Crippen molar-refractivity contribution in [2.24, 2.45) is 5.41 Å². The number of hydrogen-bond donors (Lipinski definition) is 2. The molecule has 288 valence electrons. The number of rotatable bonds is 10. The lowest BCUT2D eigenvalue weighted by Gasteiger charge is -2.37. The predicted molar refractivity (Wildman–Crippen MR) is 199 cm³/mol. The van der Waals surface area contributed by atoms with E-state index >= 15 is 8.78 Å². The monoisotopic (exact) mass is 785 g/mol. The van der Waals surface area contributed by atoms with Crippen LogP contribution in [0.25, 0.3) is 0 Å². The summed E-state index contributed by atoms with van der Waals surface area (Å²) >= 11 is 12.4. The Morgan fingerprint density at radius 1 is 1.04 bits per heavy atom. The molecule has 2 fully saturated rings. The zero-order valence-corrected chi connectivity index (χ0v) is 32.2. The van der Waals surface area contributed by atoms with Gasteiger partial charge in [0, 0.05) is 29.5 Å². The Kier molecular flexibility index (Phi) is 12.8. The minimum absolute atomic E-state index is 0.0192. The molecule has 0 spiro atoms. The number of hydrogen-bond acceptors (Lipinski definition) is 9. The average molecular weight is 787 g/mol. The van der Waals surface area contributed by atoms with Gasteiger partial charge in [0.25, 0.3) is 0 Å². The van der Waals surface area contributed by atoms with E-state index in [1.807, 2.05) is 20.8 Å². The first-order chi connectivity index (χ1) is 25.6. The quantitative estimate of drug-likeness (QED) is 0.152. The zero-order chi connectivity index (χ0) is 39.4. The standard InChI is InChI=1S/C40H43Cl2F2N3O7/c1-22(53-38(50)54-25-10-7-6-8-11-25)52-37(49)23-14-17-30(31(18-23)51-5)46-36(48)35-33(26-12-9-13-28(42)34(26)44)40(21-45,32(47-35)20-39(2,3)4)27-16-15-24(41)19-29(27)43/h9,12-19,22,25,32-33,35,47H,6-8,10-11,20H2,1-5H3,(H,46,48). The van der Waals surface area contributed by atoms with Gasteiger partial charge in [-0.2, -0.15) is 5.26 Å². The number of carbonyl (C=O) groups is 3. The van der Waals surface area contributed by atoms with Gasteiger partial charge in [0.15, 0.2) is 0 Å². The zero-order valence-electron chi connectivity index (χ0n) is 30.6. The van der Waals surface area contributed by atoms with Crippen LogP contribution in [0.3, 0.4) is 0 Å². The summed E-state index contributed by atoms with van der Waals surface area (Å²) in [7, 11) is 1.33. The third-order valence-electron chi connectivity index (χ3n) is 9.78. The van der Waals surface area contributed by atoms with Crippen LogP contribution in [-0.4, -0.2) is 49.6 Å². The third-order valence-corrected chi connectivity index (χ3v) is 10.3. The molecule has 1 amide bonds. The number of anilines is 1. The number of esters is 1. The maximum Gasteiger partial charge on any atom is 0.511 e. The summed E-state index contributed by atoms with van der Waals surface area (Å²) in [4.78, 5) is 39.6. The van der Waals surface area contributed by atoms with Gasteiger partial charge >= 0.3 is 12.1 Å². The van der Waals surface area contributed by atoms with Gasteiger partial charge in [0.1, 0.15) is 28.9 Å². The van der Waals surface area contributed by atoms with Crippen molar-refractivity contribution < 1.29 is 42.1 Å². The Morgan fingerprint density at radius 2 is 1.76 bits per heavy atom. The molecule has 3 aromatic rings. The van der Waals surface area contributed by atoms with E-state index in [2.05, 4.69) is 16.7 Å². The van der Waals surface area contributed by atoms with Gasteiger partial charge < -0.3 is 29.6 Å². The molecule has 0 bridgehead atoms. The number of nitrogens with zero attached hydrogens (tertiary/aromatic N) is 1. The summed E-state index contributed by atoms with van der Waals surface area (Å²) in [6.07, 6.45) is 2.35. The maximum atomic E-state index is 16.0. The van der Waals surface area contributed by atoms with Crippen LogP contribution in [0.4, 0.5) is 19.3 Å². The third kappa shape index (κ3) is 8.91. The van der Waals surface area contributed by atoms with E-state index in [-0.39, 0.29) is 50.7 Å². The van der Waals surface area contributed by atoms with Crippen LogP contribution in [0, 0.1) is 28.4 Å². The largest absolute Gasteiger partial charge is 0.511 e. The summed E-state index contributed by atoms with van der Waals surface area (Å²) < 4.78 is 53.2. The number of halogens is 4. The second-order valence-electron chi connectivity index (χ2n) is 14.8. The van der Waals surface area contributed by atoms with E-state index in [0.29, 0.717) is 0 Å². The Labute approximate surface area is 323 Å². The molecule has 3 aromatic carbocycles. The fourth-order valence-corrected chi connectivity index (χ4v) is 7.75. The molecule has 10 nitrogen and oxygen atoms in total. The number of nitrogens with one attached hydrogen (secondary N) is 2. The molecule has 0 aromatic heterocycles. The lowest BCUT2D eigenvalue weighted by molar-refractivity contribution is -0.118. The highest BCUT2D eigenvalue weighted by molar-refractivity contribution is 6.31. The van der Waals surface area contributed by atoms with E-state index in [4.69, 9.17) is 42.1 Å². The number of amides is 1. The van der Waals surface area contributed by atoms with Crippen molar-refractivity contribution in [2.75, 3.05) is 12.4 Å². The number of methoxy groups -OCH3 is 1. The second kappa shape index (κ2) is 16.9. The van der Waals surface area contributed by atoms with Crippen molar-refractivity contribution in [1.29, 1.82) is 5.26 Å². The molecule has 5 rings (SSSR count). The van der Waals surface area contributed by atoms with Gasteiger partial charge in [-0.05, 0) is 79.5 Å². The van der Waals surface area contributed by atoms with E-state index in [9.17, 15) is 19.6 Å². The predicted octanol–water partition coefficient (Wildman–Crippen LogP) is 9.23. The molecule has 1 saturated carbocycles. The first-order valence-electron chi connectivity index (χ1n) is 17.7. The highest BCUT2D eigenvalue weighted by Crippen LogP contribution is 2.53. The van der Waals surface area contributed by atoms with Crippen LogP contribution >= 0.6 is 23.2 Å². The molecular weight excluding hydrogens is 743 g/mol. The van der Waals surface area contributed by atoms with Gasteiger partial charge in [0.05, 0.1) is 35.5 Å². The topological polar surface area (TPSA) is 136 Å². The SMILES string of the molecule is COc1cc(C(=O)OC(C)OC(=O)OC2CCCCC2)ccc1NC(=O)C1NC(CC(C)(C)C)C(C#N)(c2ccc(Cl)cc2F)C1c1cccc(Cl)c1F. The molecule has 2 aliphatic rings. The number of carbonyl (C=O) groups excluding carboxylic acids is 3. The molecule has 1 heterocycles. The lowest BCUT2D eigenvalue weighted by Crippen LogP contribution is -2.45. The van der Waals surface area contributed by atoms with Crippen LogP contribution in [0.5, 0.6) is 5.75 Å². The van der Waals surface area contributed by atoms with E-state index in [0.717, 1.165) is 38.2 Å². The van der Waals surface area contributed by atoms with Gasteiger partial charge in [0.2, 0.25) is 12.2 Å². The minimum atomic E-state index is -1.82. The Bertz CT molecular complexity index is 1930. The Hall–Kier alpha value is -4.44. The number of benzene rings is 3. The molecule has 2 N–H and O–H groups in total. The first kappa shape index (κ1) is 40.7. The molecule has 14 heteroatoms. The Balaban J connectivity index is 1.44. The maximum absolute atomic E-state index is 16.0. The molecule has 5 unspecified atom stereocenters. The smallest absolute Gasteiger partial charge is 0.495 e. The van der Waals surface area contributed by atoms with Crippen LogP contribution in [0.2, 0.25) is 10.0 Å². The molecule has 54 heavy (non-hydrogen) atoms.